The highest BCUT2D eigenvalue weighted by atomic mass is 19.4. The highest BCUT2D eigenvalue weighted by Crippen LogP contribution is 2.16. The lowest BCUT2D eigenvalue weighted by molar-refractivity contribution is -0.144. The molecule has 2 atom stereocenters. The number of carbonyl (C=O) groups is 2. The summed E-state index contributed by atoms with van der Waals surface area (Å²) in [5.41, 5.74) is 5.74. The zero-order valence-electron chi connectivity index (χ0n) is 9.96. The predicted molar refractivity (Wildman–Crippen MR) is 57.4 cm³/mol. The summed E-state index contributed by atoms with van der Waals surface area (Å²) in [6.07, 6.45) is -4.24. The number of nitrogens with zero attached hydrogens (tertiary/aromatic N) is 1. The number of hydrogen-bond acceptors (Lipinski definition) is 3. The van der Waals surface area contributed by atoms with Crippen LogP contribution in [0.1, 0.15) is 13.3 Å². The van der Waals surface area contributed by atoms with E-state index < -0.39 is 18.6 Å². The topological polar surface area (TPSA) is 75.4 Å². The first kappa shape index (κ1) is 14.7. The number of carbonyl (C=O) groups excluding carboxylic acids is 2. The van der Waals surface area contributed by atoms with Crippen molar-refractivity contribution in [2.45, 2.75) is 25.6 Å². The lowest BCUT2D eigenvalue weighted by Gasteiger charge is -2.34. The number of nitrogens with two attached hydrogens (primary N) is 1. The fraction of sp³-hybridized carbons (Fsp3) is 0.800. The van der Waals surface area contributed by atoms with E-state index >= 15 is 0 Å². The standard InChI is InChI=1S/C10H16F3N3O2/c1-6-2-9(18)16(3-7(6)14)4-8(17)15-5-10(11,12)13/h6-7H,2-5,14H2,1H3,(H,15,17). The van der Waals surface area contributed by atoms with Crippen LogP contribution in [0, 0.1) is 5.92 Å². The van der Waals surface area contributed by atoms with Gasteiger partial charge in [-0.2, -0.15) is 13.2 Å². The van der Waals surface area contributed by atoms with Crippen LogP contribution < -0.4 is 11.1 Å². The minimum absolute atomic E-state index is 0.0204. The molecule has 0 aromatic rings. The predicted octanol–water partition coefficient (Wildman–Crippen LogP) is -0.139. The fourth-order valence-electron chi connectivity index (χ4n) is 1.67. The van der Waals surface area contributed by atoms with E-state index in [9.17, 15) is 22.8 Å². The molecule has 18 heavy (non-hydrogen) atoms. The van der Waals surface area contributed by atoms with Crippen LogP contribution in [0.3, 0.4) is 0 Å². The van der Waals surface area contributed by atoms with Crippen LogP contribution in [0.2, 0.25) is 0 Å². The molecule has 1 aliphatic heterocycles. The van der Waals surface area contributed by atoms with Gasteiger partial charge in [0.15, 0.2) is 0 Å². The molecule has 8 heteroatoms. The van der Waals surface area contributed by atoms with Crippen molar-refractivity contribution in [3.8, 4) is 0 Å². The number of hydrogen-bond donors (Lipinski definition) is 2. The van der Waals surface area contributed by atoms with Gasteiger partial charge in [-0.3, -0.25) is 9.59 Å². The molecule has 1 heterocycles. The van der Waals surface area contributed by atoms with Gasteiger partial charge < -0.3 is 16.0 Å². The van der Waals surface area contributed by atoms with Crippen molar-refractivity contribution in [1.82, 2.24) is 10.2 Å². The molecular weight excluding hydrogens is 251 g/mol. The smallest absolute Gasteiger partial charge is 0.345 e. The Bertz CT molecular complexity index is 333. The van der Waals surface area contributed by atoms with E-state index in [4.69, 9.17) is 5.73 Å². The molecule has 0 saturated carbocycles. The molecule has 0 spiro atoms. The van der Waals surface area contributed by atoms with Crippen molar-refractivity contribution in [2.24, 2.45) is 11.7 Å². The van der Waals surface area contributed by atoms with Crippen molar-refractivity contribution in [1.29, 1.82) is 0 Å². The quantitative estimate of drug-likeness (QED) is 0.747. The lowest BCUT2D eigenvalue weighted by Crippen LogP contribution is -2.53. The number of rotatable bonds is 3. The maximum atomic E-state index is 11.9. The summed E-state index contributed by atoms with van der Waals surface area (Å²) in [6.45, 7) is 0.245. The van der Waals surface area contributed by atoms with Gasteiger partial charge in [-0.15, -0.1) is 0 Å². The first-order chi connectivity index (χ1) is 8.19. The summed E-state index contributed by atoms with van der Waals surface area (Å²) in [5.74, 6) is -1.07. The van der Waals surface area contributed by atoms with E-state index in [0.29, 0.717) is 0 Å². The van der Waals surface area contributed by atoms with Gasteiger partial charge in [0, 0.05) is 19.0 Å². The Balaban J connectivity index is 2.42. The third-order valence-electron chi connectivity index (χ3n) is 2.83. The van der Waals surface area contributed by atoms with Crippen molar-refractivity contribution < 1.29 is 22.8 Å². The summed E-state index contributed by atoms with van der Waals surface area (Å²) >= 11 is 0. The molecule has 5 nitrogen and oxygen atoms in total. The van der Waals surface area contributed by atoms with Crippen LogP contribution in [0.5, 0.6) is 0 Å². The van der Waals surface area contributed by atoms with Gasteiger partial charge in [0.25, 0.3) is 0 Å². The second-order valence-electron chi connectivity index (χ2n) is 4.51. The average Bonchev–Trinajstić information content (AvgIpc) is 2.22. The summed E-state index contributed by atoms with van der Waals surface area (Å²) in [7, 11) is 0. The van der Waals surface area contributed by atoms with Crippen LogP contribution in [0.15, 0.2) is 0 Å². The van der Waals surface area contributed by atoms with Crippen molar-refractivity contribution >= 4 is 11.8 Å². The Morgan fingerprint density at radius 3 is 2.72 bits per heavy atom. The Labute approximate surface area is 102 Å². The summed E-state index contributed by atoms with van der Waals surface area (Å²) in [4.78, 5) is 24.0. The minimum atomic E-state index is -4.45. The van der Waals surface area contributed by atoms with Gasteiger partial charge in [-0.05, 0) is 5.92 Å². The van der Waals surface area contributed by atoms with E-state index in [1.165, 1.54) is 4.90 Å². The molecule has 1 fully saturated rings. The Hall–Kier alpha value is -1.31. The van der Waals surface area contributed by atoms with Crippen LogP contribution in [0.25, 0.3) is 0 Å². The molecule has 0 aliphatic carbocycles. The average molecular weight is 267 g/mol. The number of piperidine rings is 1. The van der Waals surface area contributed by atoms with Crippen molar-refractivity contribution in [3.05, 3.63) is 0 Å². The molecule has 0 aromatic heterocycles. The van der Waals surface area contributed by atoms with E-state index in [0.717, 1.165) is 0 Å². The van der Waals surface area contributed by atoms with Crippen molar-refractivity contribution in [2.75, 3.05) is 19.6 Å². The fourth-order valence-corrected chi connectivity index (χ4v) is 1.67. The Kier molecular flexibility index (Phi) is 4.55. The van der Waals surface area contributed by atoms with Crippen LogP contribution in [0.4, 0.5) is 13.2 Å². The molecule has 0 aromatic carbocycles. The second-order valence-corrected chi connectivity index (χ2v) is 4.51. The van der Waals surface area contributed by atoms with E-state index in [1.807, 2.05) is 6.92 Å². The van der Waals surface area contributed by atoms with E-state index in [1.54, 1.807) is 5.32 Å². The van der Waals surface area contributed by atoms with E-state index in [2.05, 4.69) is 0 Å². The van der Waals surface area contributed by atoms with Gasteiger partial charge in [-0.1, -0.05) is 6.92 Å². The maximum Gasteiger partial charge on any atom is 0.405 e. The first-order valence-corrected chi connectivity index (χ1v) is 5.56. The number of nitrogens with one attached hydrogen (secondary N) is 1. The molecule has 2 unspecified atom stereocenters. The molecule has 0 radical (unpaired) electrons. The zero-order chi connectivity index (χ0) is 13.9. The Morgan fingerprint density at radius 1 is 1.56 bits per heavy atom. The SMILES string of the molecule is CC1CC(=O)N(CC(=O)NCC(F)(F)F)CC1N. The maximum absolute atomic E-state index is 11.9. The Morgan fingerprint density at radius 2 is 2.17 bits per heavy atom. The number of halogens is 3. The van der Waals surface area contributed by atoms with Crippen LogP contribution in [-0.4, -0.2) is 48.6 Å². The highest BCUT2D eigenvalue weighted by molar-refractivity contribution is 5.85. The normalized spacial score (nSPS) is 25.2. The van der Waals surface area contributed by atoms with Gasteiger partial charge in [0.05, 0.1) is 6.54 Å². The number of amides is 2. The molecule has 104 valence electrons. The van der Waals surface area contributed by atoms with Crippen LogP contribution >= 0.6 is 0 Å². The van der Waals surface area contributed by atoms with Crippen molar-refractivity contribution in [3.63, 3.8) is 0 Å². The third-order valence-corrected chi connectivity index (χ3v) is 2.83. The summed E-state index contributed by atoms with van der Waals surface area (Å²) in [6, 6.07) is -0.252. The molecule has 1 aliphatic rings. The molecule has 1 rings (SSSR count). The van der Waals surface area contributed by atoms with Gasteiger partial charge in [-0.25, -0.2) is 0 Å². The number of alkyl halides is 3. The summed E-state index contributed by atoms with van der Waals surface area (Å²) < 4.78 is 35.6. The third kappa shape index (κ3) is 4.52. The largest absolute Gasteiger partial charge is 0.405 e. The second kappa shape index (κ2) is 5.55. The van der Waals surface area contributed by atoms with E-state index in [-0.39, 0.29) is 37.4 Å². The highest BCUT2D eigenvalue weighted by Gasteiger charge is 2.31. The van der Waals surface area contributed by atoms with Crippen LogP contribution in [-0.2, 0) is 9.59 Å². The lowest BCUT2D eigenvalue weighted by atomic mass is 9.94. The molecule has 2 amide bonds. The monoisotopic (exact) mass is 267 g/mol. The molecule has 3 N–H and O–H groups in total. The first-order valence-electron chi connectivity index (χ1n) is 5.56. The number of likely N-dealkylation sites (tertiary alicyclic amines) is 1. The molecule has 1 saturated heterocycles. The minimum Gasteiger partial charge on any atom is -0.345 e. The van der Waals surface area contributed by atoms with Gasteiger partial charge in [0.2, 0.25) is 11.8 Å². The van der Waals surface area contributed by atoms with Gasteiger partial charge >= 0.3 is 6.18 Å². The summed E-state index contributed by atoms with van der Waals surface area (Å²) in [5, 5.41) is 1.72. The molecular formula is C10H16F3N3O2. The molecule has 0 bridgehead atoms. The zero-order valence-corrected chi connectivity index (χ0v) is 9.96. The van der Waals surface area contributed by atoms with Gasteiger partial charge in [0.1, 0.15) is 6.54 Å².